The van der Waals surface area contributed by atoms with Crippen LogP contribution < -0.4 is 28.4 Å². The Labute approximate surface area is 196 Å². The van der Waals surface area contributed by atoms with Crippen LogP contribution in [-0.2, 0) is 16.0 Å². The molecule has 1 unspecified atom stereocenters. The van der Waals surface area contributed by atoms with E-state index in [-0.39, 0.29) is 11.5 Å². The van der Waals surface area contributed by atoms with Gasteiger partial charge in [-0.25, -0.2) is 0 Å². The van der Waals surface area contributed by atoms with Crippen molar-refractivity contribution >= 4 is 29.1 Å². The summed E-state index contributed by atoms with van der Waals surface area (Å²) in [6.45, 7) is 0. The first-order valence-corrected chi connectivity index (χ1v) is 11.1. The van der Waals surface area contributed by atoms with Crippen LogP contribution in [0.25, 0.3) is 12.2 Å². The molecule has 0 amide bonds. The van der Waals surface area contributed by atoms with Crippen molar-refractivity contribution in [2.24, 2.45) is 0 Å². The molecule has 0 aliphatic rings. The van der Waals surface area contributed by atoms with Gasteiger partial charge in [0.1, 0.15) is 5.41 Å². The van der Waals surface area contributed by atoms with Crippen LogP contribution in [0, 0.1) is 0 Å². The summed E-state index contributed by atoms with van der Waals surface area (Å²) in [5.74, 6) is 2.37. The standard InChI is InChI=1S/C24H28O8S/c1-27-19-11-16(12-20(28-2)23(19)31-5)7-8-18(25)15-33(26)10-9-17-13-21(29-3)24(32-6)22(14-17)30-4/h7-14H,15H2,1-6H3/b8-7+,10-9+. The van der Waals surface area contributed by atoms with Gasteiger partial charge < -0.3 is 33.0 Å². The number of allylic oxidation sites excluding steroid dienone is 1. The molecule has 33 heavy (non-hydrogen) atoms. The second kappa shape index (κ2) is 12.7. The molecule has 8 nitrogen and oxygen atoms in total. The fourth-order valence-electron chi connectivity index (χ4n) is 2.98. The highest BCUT2D eigenvalue weighted by molar-refractivity contribution is 7.95. The first-order valence-electron chi connectivity index (χ1n) is 9.77. The second-order valence-electron chi connectivity index (χ2n) is 6.54. The Morgan fingerprint density at radius 3 is 1.48 bits per heavy atom. The molecule has 0 N–H and O–H groups in total. The summed E-state index contributed by atoms with van der Waals surface area (Å²) in [5, 5.41) is 1.45. The topological polar surface area (TPSA) is 95.5 Å². The van der Waals surface area contributed by atoms with Gasteiger partial charge in [0.05, 0.1) is 42.7 Å². The predicted molar refractivity (Wildman–Crippen MR) is 128 cm³/mol. The van der Waals surface area contributed by atoms with E-state index in [9.17, 15) is 9.35 Å². The van der Waals surface area contributed by atoms with Gasteiger partial charge in [0.15, 0.2) is 28.8 Å². The van der Waals surface area contributed by atoms with E-state index in [1.807, 2.05) is 0 Å². The van der Waals surface area contributed by atoms with Gasteiger partial charge in [0, 0.05) is 0 Å². The largest absolute Gasteiger partial charge is 0.612 e. The Balaban J connectivity index is 2.09. The van der Waals surface area contributed by atoms with Crippen LogP contribution >= 0.6 is 0 Å². The Morgan fingerprint density at radius 1 is 0.727 bits per heavy atom. The fourth-order valence-corrected chi connectivity index (χ4v) is 3.76. The van der Waals surface area contributed by atoms with Gasteiger partial charge in [-0.2, -0.15) is 0 Å². The maximum Gasteiger partial charge on any atom is 0.205 e. The van der Waals surface area contributed by atoms with Crippen molar-refractivity contribution in [3.63, 3.8) is 0 Å². The molecule has 9 heteroatoms. The van der Waals surface area contributed by atoms with E-state index < -0.39 is 11.2 Å². The highest BCUT2D eigenvalue weighted by Gasteiger charge is 2.14. The van der Waals surface area contributed by atoms with Crippen LogP contribution in [-0.4, -0.2) is 58.7 Å². The smallest absolute Gasteiger partial charge is 0.205 e. The summed E-state index contributed by atoms with van der Waals surface area (Å²) in [6, 6.07) is 6.88. The zero-order valence-corrected chi connectivity index (χ0v) is 20.3. The van der Waals surface area contributed by atoms with Crippen LogP contribution in [0.3, 0.4) is 0 Å². The maximum atomic E-state index is 12.4. The summed E-state index contributed by atoms with van der Waals surface area (Å²) < 4.78 is 44.2. The highest BCUT2D eigenvalue weighted by atomic mass is 32.2. The maximum absolute atomic E-state index is 12.4. The number of ketones is 1. The molecular weight excluding hydrogens is 448 g/mol. The normalized spacial score (nSPS) is 12.0. The summed E-state index contributed by atoms with van der Waals surface area (Å²) in [6.07, 6.45) is 4.61. The van der Waals surface area contributed by atoms with E-state index in [2.05, 4.69) is 0 Å². The number of rotatable bonds is 12. The van der Waals surface area contributed by atoms with Gasteiger partial charge in [0.2, 0.25) is 17.3 Å². The number of hydrogen-bond acceptors (Lipinski definition) is 8. The molecule has 0 aromatic heterocycles. The number of benzene rings is 2. The van der Waals surface area contributed by atoms with Crippen LogP contribution in [0.4, 0.5) is 0 Å². The molecule has 0 radical (unpaired) electrons. The molecule has 0 saturated carbocycles. The molecule has 0 saturated heterocycles. The van der Waals surface area contributed by atoms with Crippen LogP contribution in [0.15, 0.2) is 35.7 Å². The lowest BCUT2D eigenvalue weighted by molar-refractivity contribution is -0.112. The number of methoxy groups -OCH3 is 6. The van der Waals surface area contributed by atoms with Gasteiger partial charge in [-0.05, 0) is 58.7 Å². The minimum atomic E-state index is -1.51. The molecule has 0 aliphatic heterocycles. The third-order valence-electron chi connectivity index (χ3n) is 4.53. The molecule has 0 fully saturated rings. The monoisotopic (exact) mass is 476 g/mol. The van der Waals surface area contributed by atoms with E-state index in [4.69, 9.17) is 28.4 Å². The van der Waals surface area contributed by atoms with Crippen molar-refractivity contribution in [2.45, 2.75) is 0 Å². The first-order chi connectivity index (χ1) is 15.9. The lowest BCUT2D eigenvalue weighted by atomic mass is 10.1. The lowest BCUT2D eigenvalue weighted by Crippen LogP contribution is -2.11. The van der Waals surface area contributed by atoms with Crippen LogP contribution in [0.1, 0.15) is 11.1 Å². The van der Waals surface area contributed by atoms with E-state index >= 15 is 0 Å². The fraction of sp³-hybridized carbons (Fsp3) is 0.292. The van der Waals surface area contributed by atoms with Crippen LogP contribution in [0.5, 0.6) is 34.5 Å². The van der Waals surface area contributed by atoms with Crippen molar-refractivity contribution in [1.82, 2.24) is 0 Å². The third kappa shape index (κ3) is 6.84. The average Bonchev–Trinajstić information content (AvgIpc) is 2.84. The van der Waals surface area contributed by atoms with Gasteiger partial charge >= 0.3 is 0 Å². The van der Waals surface area contributed by atoms with Gasteiger partial charge in [-0.15, -0.1) is 0 Å². The Morgan fingerprint density at radius 2 is 1.12 bits per heavy atom. The Hall–Kier alpha value is -3.30. The molecule has 2 aromatic carbocycles. The minimum Gasteiger partial charge on any atom is -0.612 e. The SMILES string of the molecule is COc1cc(/C=C/C(=O)C[S+]([O-])/C=C/c2cc(OC)c(OC)c(OC)c2)cc(OC)c1OC. The van der Waals surface area contributed by atoms with Crippen molar-refractivity contribution < 1.29 is 37.8 Å². The molecular formula is C24H28O8S. The molecule has 0 spiro atoms. The van der Waals surface area contributed by atoms with E-state index in [1.54, 1.807) is 36.4 Å². The Bertz CT molecular complexity index is 966. The molecule has 0 aliphatic carbocycles. The molecule has 178 valence electrons. The van der Waals surface area contributed by atoms with E-state index in [0.717, 1.165) is 0 Å². The quantitative estimate of drug-likeness (QED) is 0.338. The summed E-state index contributed by atoms with van der Waals surface area (Å²) in [7, 11) is 9.09. The lowest BCUT2D eigenvalue weighted by Gasteiger charge is -2.13. The van der Waals surface area contributed by atoms with Gasteiger partial charge in [-0.1, -0.05) is 6.08 Å². The molecule has 2 rings (SSSR count). The number of ether oxygens (including phenoxy) is 6. The van der Waals surface area contributed by atoms with Gasteiger partial charge in [0.25, 0.3) is 0 Å². The summed E-state index contributed by atoms with van der Waals surface area (Å²) >= 11 is -1.51. The average molecular weight is 477 g/mol. The second-order valence-corrected chi connectivity index (χ2v) is 7.87. The number of carbonyl (C=O) groups is 1. The van der Waals surface area contributed by atoms with Crippen molar-refractivity contribution in [3.05, 3.63) is 46.9 Å². The third-order valence-corrected chi connectivity index (χ3v) is 5.54. The number of carbonyl (C=O) groups excluding carboxylic acids is 1. The number of hydrogen-bond donors (Lipinski definition) is 0. The Kier molecular flexibility index (Phi) is 9.96. The highest BCUT2D eigenvalue weighted by Crippen LogP contribution is 2.39. The van der Waals surface area contributed by atoms with Gasteiger partial charge in [-0.3, -0.25) is 4.79 Å². The summed E-state index contributed by atoms with van der Waals surface area (Å²) in [4.78, 5) is 12.3. The van der Waals surface area contributed by atoms with Crippen molar-refractivity contribution in [1.29, 1.82) is 0 Å². The van der Waals surface area contributed by atoms with Crippen LogP contribution in [0.2, 0.25) is 0 Å². The zero-order chi connectivity index (χ0) is 24.4. The molecule has 2 aromatic rings. The molecule has 0 bridgehead atoms. The molecule has 0 heterocycles. The van der Waals surface area contributed by atoms with Crippen molar-refractivity contribution in [3.8, 4) is 34.5 Å². The zero-order valence-electron chi connectivity index (χ0n) is 19.5. The van der Waals surface area contributed by atoms with Crippen molar-refractivity contribution in [2.75, 3.05) is 48.4 Å². The summed E-state index contributed by atoms with van der Waals surface area (Å²) in [5.41, 5.74) is 1.37. The minimum absolute atomic E-state index is 0.165. The van der Waals surface area contributed by atoms with E-state index in [1.165, 1.54) is 54.1 Å². The first kappa shape index (κ1) is 26.0. The molecule has 1 atom stereocenters. The van der Waals surface area contributed by atoms with E-state index in [0.29, 0.717) is 45.6 Å². The predicted octanol–water partition coefficient (Wildman–Crippen LogP) is 3.74.